The van der Waals surface area contributed by atoms with E-state index in [4.69, 9.17) is 4.74 Å². The predicted molar refractivity (Wildman–Crippen MR) is 89.0 cm³/mol. The highest BCUT2D eigenvalue weighted by molar-refractivity contribution is 9.10. The maximum absolute atomic E-state index is 12.1. The molecule has 134 valence electrons. The van der Waals surface area contributed by atoms with Gasteiger partial charge >= 0.3 is 11.8 Å². The molecule has 0 aliphatic heterocycles. The first-order valence-corrected chi connectivity index (χ1v) is 7.99. The van der Waals surface area contributed by atoms with Crippen LogP contribution in [0.2, 0.25) is 0 Å². The number of halogens is 1. The van der Waals surface area contributed by atoms with Crippen LogP contribution >= 0.6 is 15.9 Å². The average molecular weight is 415 g/mol. The van der Waals surface area contributed by atoms with Gasteiger partial charge in [-0.2, -0.15) is 9.78 Å². The van der Waals surface area contributed by atoms with Gasteiger partial charge in [0.2, 0.25) is 5.91 Å². The summed E-state index contributed by atoms with van der Waals surface area (Å²) in [5, 5.41) is 21.0. The van der Waals surface area contributed by atoms with Crippen LogP contribution in [0.4, 0.5) is 11.6 Å². The first kappa shape index (κ1) is 18.6. The van der Waals surface area contributed by atoms with Crippen LogP contribution < -0.4 is 5.32 Å². The molecule has 0 fully saturated rings. The number of nitrogens with one attached hydrogen (secondary N) is 1. The number of carbonyl (C=O) groups excluding carboxylic acids is 2. The van der Waals surface area contributed by atoms with E-state index in [1.54, 1.807) is 14.0 Å². The first-order chi connectivity index (χ1) is 11.8. The summed E-state index contributed by atoms with van der Waals surface area (Å²) >= 11 is 3.03. The number of carbonyl (C=O) groups is 2. The number of hydrogen-bond acceptors (Lipinski definition) is 7. The number of esters is 1. The van der Waals surface area contributed by atoms with Crippen molar-refractivity contribution in [2.75, 3.05) is 11.9 Å². The van der Waals surface area contributed by atoms with Gasteiger partial charge in [0, 0.05) is 13.5 Å². The van der Waals surface area contributed by atoms with E-state index < -0.39 is 16.8 Å². The van der Waals surface area contributed by atoms with Crippen LogP contribution in [0.25, 0.3) is 0 Å². The third kappa shape index (κ3) is 4.41. The fourth-order valence-corrected chi connectivity index (χ4v) is 2.44. The summed E-state index contributed by atoms with van der Waals surface area (Å²) < 4.78 is 7.77. The quantitative estimate of drug-likeness (QED) is 0.411. The van der Waals surface area contributed by atoms with Crippen LogP contribution in [0.15, 0.2) is 16.9 Å². The molecule has 2 rings (SSSR count). The summed E-state index contributed by atoms with van der Waals surface area (Å²) in [7, 11) is 1.58. The maximum atomic E-state index is 12.1. The van der Waals surface area contributed by atoms with E-state index in [1.165, 1.54) is 21.8 Å². The van der Waals surface area contributed by atoms with Crippen LogP contribution in [0.5, 0.6) is 0 Å². The van der Waals surface area contributed by atoms with Crippen LogP contribution in [0.3, 0.4) is 0 Å². The smallest absolute Gasteiger partial charge is 0.404 e. The second-order valence-corrected chi connectivity index (χ2v) is 5.72. The van der Waals surface area contributed by atoms with Crippen molar-refractivity contribution < 1.29 is 19.2 Å². The van der Waals surface area contributed by atoms with E-state index in [9.17, 15) is 19.7 Å². The number of nitro groups is 1. The second-order valence-electron chi connectivity index (χ2n) is 4.87. The van der Waals surface area contributed by atoms with Crippen molar-refractivity contribution in [1.29, 1.82) is 0 Å². The number of nitrogens with zero attached hydrogens (tertiary/aromatic N) is 5. The standard InChI is InChI=1S/C13H15BrN6O5/c1-3-25-13(22)8-6-15-18(2)11(8)16-10(21)4-5-19-7-9(14)12(17-19)20(23)24/h6-7H,3-5H2,1-2H3,(H,16,21). The lowest BCUT2D eigenvalue weighted by Crippen LogP contribution is -2.19. The van der Waals surface area contributed by atoms with Crippen molar-refractivity contribution in [1.82, 2.24) is 19.6 Å². The fourth-order valence-electron chi connectivity index (χ4n) is 1.98. The van der Waals surface area contributed by atoms with E-state index in [0.717, 1.165) is 0 Å². The largest absolute Gasteiger partial charge is 0.462 e. The van der Waals surface area contributed by atoms with Gasteiger partial charge in [-0.3, -0.25) is 9.48 Å². The van der Waals surface area contributed by atoms with Crippen molar-refractivity contribution in [2.24, 2.45) is 7.05 Å². The monoisotopic (exact) mass is 414 g/mol. The minimum atomic E-state index is -0.623. The van der Waals surface area contributed by atoms with Crippen LogP contribution in [-0.4, -0.2) is 43.0 Å². The normalized spacial score (nSPS) is 10.5. The highest BCUT2D eigenvalue weighted by Gasteiger charge is 2.21. The first-order valence-electron chi connectivity index (χ1n) is 7.19. The Labute approximate surface area is 150 Å². The van der Waals surface area contributed by atoms with Crippen LogP contribution in [0.1, 0.15) is 23.7 Å². The van der Waals surface area contributed by atoms with Crippen molar-refractivity contribution in [3.63, 3.8) is 0 Å². The summed E-state index contributed by atoms with van der Waals surface area (Å²) in [4.78, 5) is 34.1. The third-order valence-corrected chi connectivity index (χ3v) is 3.69. The summed E-state index contributed by atoms with van der Waals surface area (Å²) in [6, 6.07) is 0. The predicted octanol–water partition coefficient (Wildman–Crippen LogP) is 1.49. The summed E-state index contributed by atoms with van der Waals surface area (Å²) in [6.45, 7) is 2.01. The van der Waals surface area contributed by atoms with Crippen molar-refractivity contribution >= 4 is 39.4 Å². The van der Waals surface area contributed by atoms with E-state index in [1.807, 2.05) is 0 Å². The molecule has 2 aromatic rings. The SMILES string of the molecule is CCOC(=O)c1cnn(C)c1NC(=O)CCn1cc(Br)c([N+](=O)[O-])n1. The topological polar surface area (TPSA) is 134 Å². The molecule has 1 N–H and O–H groups in total. The van der Waals surface area contributed by atoms with Gasteiger partial charge < -0.3 is 20.2 Å². The Bertz CT molecular complexity index is 814. The Hall–Kier alpha value is -2.76. The van der Waals surface area contributed by atoms with E-state index in [-0.39, 0.29) is 41.2 Å². The van der Waals surface area contributed by atoms with Gasteiger partial charge in [0.25, 0.3) is 0 Å². The molecule has 1 amide bonds. The van der Waals surface area contributed by atoms with Crippen molar-refractivity contribution in [3.8, 4) is 0 Å². The highest BCUT2D eigenvalue weighted by Crippen LogP contribution is 2.22. The molecule has 2 aromatic heterocycles. The molecular formula is C13H15BrN6O5. The molecule has 0 aromatic carbocycles. The van der Waals surface area contributed by atoms with E-state index in [0.29, 0.717) is 0 Å². The molecule has 2 heterocycles. The second kappa shape index (κ2) is 7.88. The number of amides is 1. The van der Waals surface area contributed by atoms with Gasteiger partial charge in [0.05, 0.1) is 30.6 Å². The average Bonchev–Trinajstić information content (AvgIpc) is 3.09. The number of ether oxygens (including phenoxy) is 1. The third-order valence-electron chi connectivity index (χ3n) is 3.13. The molecule has 11 nitrogen and oxygen atoms in total. The molecule has 0 atom stereocenters. The van der Waals surface area contributed by atoms with Gasteiger partial charge in [-0.25, -0.2) is 4.79 Å². The zero-order valence-electron chi connectivity index (χ0n) is 13.4. The molecule has 0 radical (unpaired) electrons. The molecule has 0 saturated carbocycles. The number of anilines is 1. The number of aryl methyl sites for hydroxylation is 2. The van der Waals surface area contributed by atoms with Crippen LogP contribution in [-0.2, 0) is 23.1 Å². The Kier molecular flexibility index (Phi) is 5.85. The summed E-state index contributed by atoms with van der Waals surface area (Å²) in [6.07, 6.45) is 2.72. The van der Waals surface area contributed by atoms with Gasteiger partial charge in [-0.15, -0.1) is 0 Å². The summed E-state index contributed by atoms with van der Waals surface area (Å²) in [5.74, 6) is -1.09. The molecule has 12 heteroatoms. The van der Waals surface area contributed by atoms with Gasteiger partial charge in [-0.1, -0.05) is 0 Å². The Morgan fingerprint density at radius 2 is 2.20 bits per heavy atom. The lowest BCUT2D eigenvalue weighted by atomic mass is 10.3. The van der Waals surface area contributed by atoms with Gasteiger partial charge in [0.15, 0.2) is 0 Å². The number of hydrogen-bond donors (Lipinski definition) is 1. The van der Waals surface area contributed by atoms with Gasteiger partial charge in [-0.05, 0) is 27.8 Å². The van der Waals surface area contributed by atoms with Gasteiger partial charge in [0.1, 0.15) is 15.9 Å². The lowest BCUT2D eigenvalue weighted by Gasteiger charge is -2.07. The molecule has 0 bridgehead atoms. The molecule has 0 saturated heterocycles. The van der Waals surface area contributed by atoms with E-state index >= 15 is 0 Å². The molecule has 0 unspecified atom stereocenters. The molecule has 25 heavy (non-hydrogen) atoms. The minimum Gasteiger partial charge on any atom is -0.462 e. The summed E-state index contributed by atoms with van der Waals surface area (Å²) in [5.41, 5.74) is 0.148. The maximum Gasteiger partial charge on any atom is 0.404 e. The lowest BCUT2D eigenvalue weighted by molar-refractivity contribution is -0.390. The number of aromatic nitrogens is 4. The zero-order chi connectivity index (χ0) is 18.6. The van der Waals surface area contributed by atoms with E-state index in [2.05, 4.69) is 31.4 Å². The van der Waals surface area contributed by atoms with Crippen molar-refractivity contribution in [2.45, 2.75) is 19.9 Å². The zero-order valence-corrected chi connectivity index (χ0v) is 15.0. The Morgan fingerprint density at radius 1 is 1.48 bits per heavy atom. The number of rotatable bonds is 7. The molecule has 0 aliphatic rings. The molecule has 0 spiro atoms. The van der Waals surface area contributed by atoms with Crippen molar-refractivity contribution in [3.05, 3.63) is 32.5 Å². The fraction of sp³-hybridized carbons (Fsp3) is 0.385. The van der Waals surface area contributed by atoms with Crippen LogP contribution in [0, 0.1) is 10.1 Å². The minimum absolute atomic E-state index is 0.00127. The molecule has 0 aliphatic carbocycles. The Balaban J connectivity index is 2.01. The molecular weight excluding hydrogens is 400 g/mol. The highest BCUT2D eigenvalue weighted by atomic mass is 79.9. The Morgan fingerprint density at radius 3 is 2.80 bits per heavy atom.